The van der Waals surface area contributed by atoms with Gasteiger partial charge in [-0.05, 0) is 59.8 Å². The third kappa shape index (κ3) is 4.97. The highest BCUT2D eigenvalue weighted by Crippen LogP contribution is 2.18. The number of nitrogens with one attached hydrogen (secondary N) is 2. The number of rotatable bonds is 7. The van der Waals surface area contributed by atoms with Gasteiger partial charge in [-0.1, -0.05) is 6.07 Å². The van der Waals surface area contributed by atoms with Gasteiger partial charge in [0.05, 0.1) is 12.2 Å². The highest BCUT2D eigenvalue weighted by molar-refractivity contribution is 5.93. The van der Waals surface area contributed by atoms with Gasteiger partial charge in [0.25, 0.3) is 0 Å². The molecule has 0 saturated heterocycles. The molecule has 8 nitrogen and oxygen atoms in total. The molecule has 0 aliphatic rings. The summed E-state index contributed by atoms with van der Waals surface area (Å²) in [5.41, 5.74) is 1.96. The lowest BCUT2D eigenvalue weighted by Gasteiger charge is -2.10. The molecule has 2 aromatic carbocycles. The first-order chi connectivity index (χ1) is 13.0. The maximum atomic E-state index is 12.1. The maximum Gasteiger partial charge on any atom is 0.387 e. The van der Waals surface area contributed by atoms with Gasteiger partial charge in [0.15, 0.2) is 5.82 Å². The number of hydrogen-bond acceptors (Lipinski definition) is 6. The summed E-state index contributed by atoms with van der Waals surface area (Å²) in [6, 6.07) is 13.0. The van der Waals surface area contributed by atoms with Gasteiger partial charge < -0.3 is 15.4 Å². The summed E-state index contributed by atoms with van der Waals surface area (Å²) >= 11 is 0. The molecule has 1 amide bonds. The first kappa shape index (κ1) is 18.2. The van der Waals surface area contributed by atoms with Crippen LogP contribution in [0.4, 0.5) is 20.2 Å². The number of aromatic nitrogens is 4. The van der Waals surface area contributed by atoms with E-state index < -0.39 is 6.61 Å². The fraction of sp³-hybridized carbons (Fsp3) is 0.176. The Morgan fingerprint density at radius 1 is 1.19 bits per heavy atom. The molecule has 1 heterocycles. The van der Waals surface area contributed by atoms with Crippen molar-refractivity contribution in [2.75, 3.05) is 17.2 Å². The van der Waals surface area contributed by atoms with Crippen LogP contribution in [-0.4, -0.2) is 39.3 Å². The van der Waals surface area contributed by atoms with Crippen LogP contribution in [0.25, 0.3) is 5.69 Å². The Morgan fingerprint density at radius 3 is 2.63 bits per heavy atom. The van der Waals surface area contributed by atoms with Crippen LogP contribution in [0.15, 0.2) is 48.5 Å². The largest absolute Gasteiger partial charge is 0.435 e. The number of nitrogens with zero attached hydrogens (tertiary/aromatic N) is 4. The molecule has 0 aliphatic heterocycles. The number of ether oxygens (including phenoxy) is 1. The van der Waals surface area contributed by atoms with Crippen LogP contribution in [-0.2, 0) is 4.79 Å². The lowest BCUT2D eigenvalue weighted by atomic mass is 10.2. The van der Waals surface area contributed by atoms with Crippen LogP contribution in [0.5, 0.6) is 5.75 Å². The van der Waals surface area contributed by atoms with Crippen LogP contribution in [0.1, 0.15) is 5.82 Å². The lowest BCUT2D eigenvalue weighted by molar-refractivity contribution is -0.114. The predicted molar refractivity (Wildman–Crippen MR) is 94.1 cm³/mol. The zero-order valence-electron chi connectivity index (χ0n) is 14.3. The maximum absolute atomic E-state index is 12.1. The average Bonchev–Trinajstić information content (AvgIpc) is 3.07. The lowest BCUT2D eigenvalue weighted by Crippen LogP contribution is -2.21. The summed E-state index contributed by atoms with van der Waals surface area (Å²) < 4.78 is 30.1. The molecule has 140 valence electrons. The molecule has 3 rings (SSSR count). The Hall–Kier alpha value is -3.56. The van der Waals surface area contributed by atoms with Crippen molar-refractivity contribution in [1.82, 2.24) is 20.2 Å². The van der Waals surface area contributed by atoms with Crippen LogP contribution in [0.3, 0.4) is 0 Å². The Bertz CT molecular complexity index is 914. The molecule has 2 N–H and O–H groups in total. The van der Waals surface area contributed by atoms with Crippen LogP contribution < -0.4 is 15.4 Å². The normalized spacial score (nSPS) is 10.7. The Labute approximate surface area is 153 Å². The number of alkyl halides is 2. The van der Waals surface area contributed by atoms with E-state index in [1.165, 1.54) is 24.3 Å². The quantitative estimate of drug-likeness (QED) is 0.660. The monoisotopic (exact) mass is 374 g/mol. The van der Waals surface area contributed by atoms with Crippen molar-refractivity contribution in [3.63, 3.8) is 0 Å². The van der Waals surface area contributed by atoms with Crippen LogP contribution in [0.2, 0.25) is 0 Å². The summed E-state index contributed by atoms with van der Waals surface area (Å²) in [4.78, 5) is 12.1. The number of aryl methyl sites for hydroxylation is 1. The molecule has 3 aromatic rings. The van der Waals surface area contributed by atoms with E-state index in [9.17, 15) is 13.6 Å². The van der Waals surface area contributed by atoms with Crippen molar-refractivity contribution < 1.29 is 18.3 Å². The molecular formula is C17H16F2N6O2. The zero-order chi connectivity index (χ0) is 19.2. The van der Waals surface area contributed by atoms with Crippen LogP contribution >= 0.6 is 0 Å². The molecule has 0 bridgehead atoms. The SMILES string of the molecule is Cc1nnnn1-c1cccc(NCC(=O)Nc2ccc(OC(F)F)cc2)c1. The first-order valence-electron chi connectivity index (χ1n) is 7.95. The number of tetrazole rings is 1. The number of hydrogen-bond donors (Lipinski definition) is 2. The fourth-order valence-corrected chi connectivity index (χ4v) is 2.33. The Kier molecular flexibility index (Phi) is 5.55. The Balaban J connectivity index is 1.56. The molecule has 0 radical (unpaired) electrons. The van der Waals surface area contributed by atoms with Gasteiger partial charge in [0, 0.05) is 11.4 Å². The molecule has 0 fully saturated rings. The number of amides is 1. The number of carbonyl (C=O) groups is 1. The molecule has 10 heteroatoms. The fourth-order valence-electron chi connectivity index (χ4n) is 2.33. The smallest absolute Gasteiger partial charge is 0.387 e. The van der Waals surface area contributed by atoms with Gasteiger partial charge in [-0.15, -0.1) is 5.10 Å². The molecule has 0 saturated carbocycles. The predicted octanol–water partition coefficient (Wildman–Crippen LogP) is 2.62. The standard InChI is InChI=1S/C17H16F2N6O2/c1-11-22-23-24-25(11)14-4-2-3-13(9-14)20-10-16(26)21-12-5-7-15(8-6-12)27-17(18)19/h2-9,17,20H,10H2,1H3,(H,21,26). The number of halogens is 2. The van der Waals surface area contributed by atoms with Gasteiger partial charge in [0.2, 0.25) is 5.91 Å². The van der Waals surface area contributed by atoms with Crippen molar-refractivity contribution in [3.05, 3.63) is 54.4 Å². The van der Waals surface area contributed by atoms with E-state index in [0.29, 0.717) is 11.5 Å². The van der Waals surface area contributed by atoms with E-state index in [1.807, 2.05) is 24.3 Å². The van der Waals surface area contributed by atoms with Gasteiger partial charge in [-0.25, -0.2) is 0 Å². The van der Waals surface area contributed by atoms with Gasteiger partial charge in [0.1, 0.15) is 5.75 Å². The van der Waals surface area contributed by atoms with E-state index >= 15 is 0 Å². The zero-order valence-corrected chi connectivity index (χ0v) is 14.3. The summed E-state index contributed by atoms with van der Waals surface area (Å²) in [7, 11) is 0. The summed E-state index contributed by atoms with van der Waals surface area (Å²) in [6.07, 6.45) is 0. The summed E-state index contributed by atoms with van der Waals surface area (Å²) in [5, 5.41) is 17.0. The van der Waals surface area contributed by atoms with Crippen molar-refractivity contribution in [2.24, 2.45) is 0 Å². The van der Waals surface area contributed by atoms with Crippen LogP contribution in [0, 0.1) is 6.92 Å². The highest BCUT2D eigenvalue weighted by Gasteiger charge is 2.07. The molecule has 27 heavy (non-hydrogen) atoms. The second kappa shape index (κ2) is 8.21. The Morgan fingerprint density at radius 2 is 1.96 bits per heavy atom. The second-order valence-electron chi connectivity index (χ2n) is 5.49. The topological polar surface area (TPSA) is 94.0 Å². The van der Waals surface area contributed by atoms with Gasteiger partial charge in [-0.3, -0.25) is 4.79 Å². The molecule has 0 spiro atoms. The molecule has 0 atom stereocenters. The van der Waals surface area contributed by atoms with Gasteiger partial charge >= 0.3 is 6.61 Å². The summed E-state index contributed by atoms with van der Waals surface area (Å²) in [5.74, 6) is 0.376. The van der Waals surface area contributed by atoms with Crippen molar-refractivity contribution in [3.8, 4) is 11.4 Å². The van der Waals surface area contributed by atoms with Crippen molar-refractivity contribution >= 4 is 17.3 Å². The third-order valence-electron chi connectivity index (χ3n) is 3.53. The third-order valence-corrected chi connectivity index (χ3v) is 3.53. The first-order valence-corrected chi connectivity index (χ1v) is 7.95. The minimum absolute atomic E-state index is 0.0212. The van der Waals surface area contributed by atoms with Crippen molar-refractivity contribution in [2.45, 2.75) is 13.5 Å². The molecular weight excluding hydrogens is 358 g/mol. The second-order valence-corrected chi connectivity index (χ2v) is 5.49. The number of carbonyl (C=O) groups excluding carboxylic acids is 1. The molecule has 1 aromatic heterocycles. The minimum atomic E-state index is -2.89. The average molecular weight is 374 g/mol. The van der Waals surface area contributed by atoms with E-state index in [0.717, 1.165) is 11.4 Å². The summed E-state index contributed by atoms with van der Waals surface area (Å²) in [6.45, 7) is -1.08. The molecule has 0 unspecified atom stereocenters. The molecule has 0 aliphatic carbocycles. The van der Waals surface area contributed by atoms with E-state index in [2.05, 4.69) is 30.9 Å². The minimum Gasteiger partial charge on any atom is -0.435 e. The van der Waals surface area contributed by atoms with E-state index in [1.54, 1.807) is 11.6 Å². The number of anilines is 2. The van der Waals surface area contributed by atoms with Crippen molar-refractivity contribution in [1.29, 1.82) is 0 Å². The van der Waals surface area contributed by atoms with E-state index in [-0.39, 0.29) is 18.2 Å². The van der Waals surface area contributed by atoms with Gasteiger partial charge in [-0.2, -0.15) is 13.5 Å². The van der Waals surface area contributed by atoms with E-state index in [4.69, 9.17) is 0 Å². The highest BCUT2D eigenvalue weighted by atomic mass is 19.3. The number of benzene rings is 2.